The molecule has 2 aliphatic heterocycles. The van der Waals surface area contributed by atoms with Gasteiger partial charge in [-0.05, 0) is 31.9 Å². The fourth-order valence-electron chi connectivity index (χ4n) is 3.51. The SMILES string of the molecule is c1cnc(OCC2CCCN(Cc3nnc4n3CCC4)C2)nc1. The zero-order valence-electron chi connectivity index (χ0n) is 13.3. The van der Waals surface area contributed by atoms with Crippen LogP contribution in [0.15, 0.2) is 18.5 Å². The third-order valence-electron chi connectivity index (χ3n) is 4.64. The van der Waals surface area contributed by atoms with E-state index < -0.39 is 0 Å². The summed E-state index contributed by atoms with van der Waals surface area (Å²) in [7, 11) is 0. The average molecular weight is 314 g/mol. The quantitative estimate of drug-likeness (QED) is 0.829. The maximum Gasteiger partial charge on any atom is 0.316 e. The van der Waals surface area contributed by atoms with Crippen LogP contribution in [0.25, 0.3) is 0 Å². The number of aromatic nitrogens is 5. The minimum Gasteiger partial charge on any atom is -0.463 e. The van der Waals surface area contributed by atoms with Gasteiger partial charge in [-0.15, -0.1) is 10.2 Å². The third-order valence-corrected chi connectivity index (χ3v) is 4.64. The van der Waals surface area contributed by atoms with E-state index in [2.05, 4.69) is 29.6 Å². The molecular weight excluding hydrogens is 292 g/mol. The van der Waals surface area contributed by atoms with Crippen molar-refractivity contribution in [3.63, 3.8) is 0 Å². The van der Waals surface area contributed by atoms with E-state index in [1.165, 1.54) is 19.3 Å². The summed E-state index contributed by atoms with van der Waals surface area (Å²) >= 11 is 0. The maximum atomic E-state index is 5.72. The van der Waals surface area contributed by atoms with Crippen LogP contribution in [0.5, 0.6) is 6.01 Å². The fourth-order valence-corrected chi connectivity index (χ4v) is 3.51. The molecule has 4 heterocycles. The Bertz CT molecular complexity index is 643. The zero-order valence-corrected chi connectivity index (χ0v) is 13.3. The molecule has 0 radical (unpaired) electrons. The van der Waals surface area contributed by atoms with Gasteiger partial charge in [0.1, 0.15) is 11.6 Å². The van der Waals surface area contributed by atoms with Crippen LogP contribution in [0.1, 0.15) is 30.9 Å². The first-order chi connectivity index (χ1) is 11.4. The number of rotatable bonds is 5. The predicted octanol–water partition coefficient (Wildman–Crippen LogP) is 1.31. The van der Waals surface area contributed by atoms with E-state index in [0.29, 0.717) is 18.5 Å². The number of likely N-dealkylation sites (tertiary alicyclic amines) is 1. The number of hydrogen-bond acceptors (Lipinski definition) is 6. The molecule has 0 amide bonds. The molecule has 0 saturated carbocycles. The van der Waals surface area contributed by atoms with Crippen LogP contribution in [0, 0.1) is 5.92 Å². The third kappa shape index (κ3) is 3.34. The summed E-state index contributed by atoms with van der Waals surface area (Å²) in [6.45, 7) is 4.81. The molecule has 7 nitrogen and oxygen atoms in total. The van der Waals surface area contributed by atoms with E-state index in [-0.39, 0.29) is 0 Å². The molecule has 2 aromatic heterocycles. The van der Waals surface area contributed by atoms with Gasteiger partial charge in [0.05, 0.1) is 13.2 Å². The van der Waals surface area contributed by atoms with Gasteiger partial charge < -0.3 is 9.30 Å². The molecule has 1 atom stereocenters. The Morgan fingerprint density at radius 2 is 2.04 bits per heavy atom. The number of piperidine rings is 1. The van der Waals surface area contributed by atoms with Crippen molar-refractivity contribution in [2.24, 2.45) is 5.92 Å². The van der Waals surface area contributed by atoms with E-state index in [1.54, 1.807) is 18.5 Å². The fraction of sp³-hybridized carbons (Fsp3) is 0.625. The minimum absolute atomic E-state index is 0.472. The van der Waals surface area contributed by atoms with Crippen LogP contribution < -0.4 is 4.74 Å². The highest BCUT2D eigenvalue weighted by Gasteiger charge is 2.24. The molecule has 4 rings (SSSR count). The first-order valence-electron chi connectivity index (χ1n) is 8.41. The lowest BCUT2D eigenvalue weighted by Gasteiger charge is -2.32. The second-order valence-corrected chi connectivity index (χ2v) is 6.37. The molecule has 1 unspecified atom stereocenters. The number of ether oxygens (including phenoxy) is 1. The smallest absolute Gasteiger partial charge is 0.316 e. The summed E-state index contributed by atoms with van der Waals surface area (Å²) in [4.78, 5) is 10.7. The van der Waals surface area contributed by atoms with Crippen LogP contribution in [-0.2, 0) is 19.5 Å². The van der Waals surface area contributed by atoms with Crippen LogP contribution in [0.4, 0.5) is 0 Å². The second-order valence-electron chi connectivity index (χ2n) is 6.37. The molecule has 2 aromatic rings. The molecule has 1 fully saturated rings. The molecule has 0 aromatic carbocycles. The Morgan fingerprint density at radius 3 is 2.96 bits per heavy atom. The van der Waals surface area contributed by atoms with Crippen molar-refractivity contribution < 1.29 is 4.74 Å². The number of hydrogen-bond donors (Lipinski definition) is 0. The first kappa shape index (κ1) is 14.6. The van der Waals surface area contributed by atoms with Crippen LogP contribution in [0.2, 0.25) is 0 Å². The van der Waals surface area contributed by atoms with E-state index in [0.717, 1.165) is 44.2 Å². The van der Waals surface area contributed by atoms with Gasteiger partial charge in [-0.3, -0.25) is 4.90 Å². The molecule has 0 N–H and O–H groups in total. The van der Waals surface area contributed by atoms with Gasteiger partial charge in [-0.2, -0.15) is 0 Å². The van der Waals surface area contributed by atoms with Gasteiger partial charge >= 0.3 is 6.01 Å². The lowest BCUT2D eigenvalue weighted by atomic mass is 9.99. The van der Waals surface area contributed by atoms with Crippen molar-refractivity contribution >= 4 is 0 Å². The summed E-state index contributed by atoms with van der Waals surface area (Å²) < 4.78 is 8.01. The Labute approximate surface area is 135 Å². The van der Waals surface area contributed by atoms with Gasteiger partial charge in [-0.1, -0.05) is 0 Å². The first-order valence-corrected chi connectivity index (χ1v) is 8.41. The normalized spacial score (nSPS) is 21.3. The number of aryl methyl sites for hydroxylation is 1. The molecule has 2 aliphatic rings. The Balaban J connectivity index is 1.32. The van der Waals surface area contributed by atoms with Gasteiger partial charge in [0.2, 0.25) is 0 Å². The number of nitrogens with zero attached hydrogens (tertiary/aromatic N) is 6. The predicted molar refractivity (Wildman–Crippen MR) is 83.9 cm³/mol. The van der Waals surface area contributed by atoms with Gasteiger partial charge in [0.15, 0.2) is 0 Å². The lowest BCUT2D eigenvalue weighted by Crippen LogP contribution is -2.38. The molecular formula is C16H22N6O. The van der Waals surface area contributed by atoms with Gasteiger partial charge in [0, 0.05) is 37.8 Å². The van der Waals surface area contributed by atoms with E-state index in [1.807, 2.05) is 0 Å². The summed E-state index contributed by atoms with van der Waals surface area (Å²) in [5, 5.41) is 8.67. The van der Waals surface area contributed by atoms with Crippen LogP contribution in [-0.4, -0.2) is 49.3 Å². The number of fused-ring (bicyclic) bond motifs is 1. The Kier molecular flexibility index (Phi) is 4.19. The van der Waals surface area contributed by atoms with Crippen LogP contribution >= 0.6 is 0 Å². The molecule has 1 saturated heterocycles. The van der Waals surface area contributed by atoms with Crippen molar-refractivity contribution in [2.75, 3.05) is 19.7 Å². The van der Waals surface area contributed by atoms with Crippen molar-refractivity contribution in [3.05, 3.63) is 30.1 Å². The molecule has 7 heteroatoms. The standard InChI is InChI=1S/C16H22N6O/c1-4-13(12-23-16-17-6-3-7-18-16)10-21(8-1)11-15-20-19-14-5-2-9-22(14)15/h3,6-7,13H,1-2,4-5,8-12H2. The van der Waals surface area contributed by atoms with Crippen LogP contribution in [0.3, 0.4) is 0 Å². The average Bonchev–Trinajstić information content (AvgIpc) is 3.20. The van der Waals surface area contributed by atoms with Crippen molar-refractivity contribution in [1.82, 2.24) is 29.6 Å². The molecule has 23 heavy (non-hydrogen) atoms. The summed E-state index contributed by atoms with van der Waals surface area (Å²) in [5.74, 6) is 2.79. The van der Waals surface area contributed by atoms with E-state index >= 15 is 0 Å². The largest absolute Gasteiger partial charge is 0.463 e. The van der Waals surface area contributed by atoms with Gasteiger partial charge in [0.25, 0.3) is 0 Å². The summed E-state index contributed by atoms with van der Waals surface area (Å²) in [5.41, 5.74) is 0. The van der Waals surface area contributed by atoms with E-state index in [4.69, 9.17) is 4.74 Å². The highest BCUT2D eigenvalue weighted by molar-refractivity contribution is 5.01. The topological polar surface area (TPSA) is 69.0 Å². The van der Waals surface area contributed by atoms with Crippen molar-refractivity contribution in [3.8, 4) is 6.01 Å². The minimum atomic E-state index is 0.472. The Hall–Kier alpha value is -2.02. The van der Waals surface area contributed by atoms with Gasteiger partial charge in [-0.25, -0.2) is 9.97 Å². The highest BCUT2D eigenvalue weighted by atomic mass is 16.5. The molecule has 0 bridgehead atoms. The highest BCUT2D eigenvalue weighted by Crippen LogP contribution is 2.21. The monoisotopic (exact) mass is 314 g/mol. The van der Waals surface area contributed by atoms with Crippen molar-refractivity contribution in [2.45, 2.75) is 38.8 Å². The maximum absolute atomic E-state index is 5.72. The molecule has 122 valence electrons. The lowest BCUT2D eigenvalue weighted by molar-refractivity contribution is 0.118. The van der Waals surface area contributed by atoms with Crippen molar-refractivity contribution in [1.29, 1.82) is 0 Å². The summed E-state index contributed by atoms with van der Waals surface area (Å²) in [6, 6.07) is 2.27. The summed E-state index contributed by atoms with van der Waals surface area (Å²) in [6.07, 6.45) is 8.08. The molecule has 0 aliphatic carbocycles. The zero-order chi connectivity index (χ0) is 15.5. The molecule has 0 spiro atoms. The second kappa shape index (κ2) is 6.62. The Morgan fingerprint density at radius 1 is 1.13 bits per heavy atom. The van der Waals surface area contributed by atoms with E-state index in [9.17, 15) is 0 Å².